The van der Waals surface area contributed by atoms with Crippen LogP contribution in [0.2, 0.25) is 0 Å². The normalized spacial score (nSPS) is 31.3. The Morgan fingerprint density at radius 2 is 2.09 bits per heavy atom. The Hall–Kier alpha value is -1.09. The highest BCUT2D eigenvalue weighted by Gasteiger charge is 2.43. The lowest BCUT2D eigenvalue weighted by molar-refractivity contribution is -0.151. The number of esters is 1. The highest BCUT2D eigenvalue weighted by molar-refractivity contribution is 5.75. The van der Waals surface area contributed by atoms with E-state index in [2.05, 4.69) is 32.9 Å². The Morgan fingerprint density at radius 1 is 1.43 bits per heavy atom. The van der Waals surface area contributed by atoms with Gasteiger partial charge in [0, 0.05) is 5.41 Å². The fourth-order valence-corrected chi connectivity index (χ4v) is 3.56. The molecule has 1 N–H and O–H groups in total. The Bertz CT molecular complexity index is 521. The smallest absolute Gasteiger partial charge is 0.311 e. The number of hydrogen-bond donors (Lipinski definition) is 1. The maximum Gasteiger partial charge on any atom is 0.311 e. The van der Waals surface area contributed by atoms with Crippen LogP contribution in [0.5, 0.6) is 0 Å². The van der Waals surface area contributed by atoms with Crippen LogP contribution in [0.3, 0.4) is 0 Å². The van der Waals surface area contributed by atoms with E-state index >= 15 is 0 Å². The predicted octanol–water partition coefficient (Wildman–Crippen LogP) is 4.27. The van der Waals surface area contributed by atoms with E-state index < -0.39 is 5.41 Å². The van der Waals surface area contributed by atoms with E-state index in [1.54, 1.807) is 0 Å². The number of carbonyl (C=O) groups is 1. The zero-order valence-corrected chi connectivity index (χ0v) is 15.5. The monoisotopic (exact) mass is 320 g/mol. The molecule has 0 amide bonds. The van der Waals surface area contributed by atoms with Gasteiger partial charge in [-0.05, 0) is 63.0 Å². The quantitative estimate of drug-likeness (QED) is 0.790. The molecule has 3 nitrogen and oxygen atoms in total. The van der Waals surface area contributed by atoms with Crippen molar-refractivity contribution in [2.45, 2.75) is 66.9 Å². The molecule has 0 fully saturated rings. The van der Waals surface area contributed by atoms with Crippen molar-refractivity contribution < 1.29 is 14.6 Å². The average molecular weight is 320 g/mol. The van der Waals surface area contributed by atoms with Crippen molar-refractivity contribution in [3.63, 3.8) is 0 Å². The second-order valence-electron chi connectivity index (χ2n) is 8.75. The number of aliphatic hydroxyl groups excluding tert-OH is 1. The standard InChI is InChI=1S/C20H32O3/c1-13(2)14-9-10-20(6)16(11-14)15(7-8-17(20)21)12-23-18(22)19(3,4)5/h7,11,13-14,17,21H,8-10,12H2,1-6H3/t14-,17-,20-/m1/s1. The molecule has 130 valence electrons. The highest BCUT2D eigenvalue weighted by atomic mass is 16.5. The van der Waals surface area contributed by atoms with Crippen LogP contribution >= 0.6 is 0 Å². The van der Waals surface area contributed by atoms with E-state index in [1.807, 2.05) is 20.8 Å². The van der Waals surface area contributed by atoms with Crippen LogP contribution in [0.25, 0.3) is 0 Å². The fourth-order valence-electron chi connectivity index (χ4n) is 3.56. The van der Waals surface area contributed by atoms with Crippen LogP contribution in [-0.4, -0.2) is 23.8 Å². The average Bonchev–Trinajstić information content (AvgIpc) is 2.45. The summed E-state index contributed by atoms with van der Waals surface area (Å²) in [6.07, 6.45) is 6.79. The molecule has 0 heterocycles. The molecule has 3 heteroatoms. The summed E-state index contributed by atoms with van der Waals surface area (Å²) >= 11 is 0. The van der Waals surface area contributed by atoms with Crippen LogP contribution in [0.4, 0.5) is 0 Å². The first-order valence-corrected chi connectivity index (χ1v) is 8.82. The third kappa shape index (κ3) is 3.71. The van der Waals surface area contributed by atoms with Crippen molar-refractivity contribution in [2.75, 3.05) is 6.61 Å². The van der Waals surface area contributed by atoms with Gasteiger partial charge < -0.3 is 9.84 Å². The molecule has 2 aliphatic carbocycles. The number of hydrogen-bond acceptors (Lipinski definition) is 3. The molecular weight excluding hydrogens is 288 g/mol. The van der Waals surface area contributed by atoms with Crippen molar-refractivity contribution in [3.05, 3.63) is 23.3 Å². The summed E-state index contributed by atoms with van der Waals surface area (Å²) in [4.78, 5) is 12.1. The van der Waals surface area contributed by atoms with E-state index in [9.17, 15) is 9.90 Å². The van der Waals surface area contributed by atoms with Gasteiger partial charge in [0.2, 0.25) is 0 Å². The molecule has 23 heavy (non-hydrogen) atoms. The van der Waals surface area contributed by atoms with Crippen molar-refractivity contribution in [1.29, 1.82) is 0 Å². The third-order valence-corrected chi connectivity index (χ3v) is 5.49. The topological polar surface area (TPSA) is 46.5 Å². The maximum atomic E-state index is 12.1. The maximum absolute atomic E-state index is 12.1. The minimum atomic E-state index is -0.487. The van der Waals surface area contributed by atoms with Gasteiger partial charge in [0.1, 0.15) is 6.61 Å². The third-order valence-electron chi connectivity index (χ3n) is 5.49. The first-order valence-electron chi connectivity index (χ1n) is 8.82. The lowest BCUT2D eigenvalue weighted by Gasteiger charge is -2.45. The molecule has 3 atom stereocenters. The molecule has 0 aliphatic heterocycles. The van der Waals surface area contributed by atoms with Crippen LogP contribution in [0, 0.1) is 22.7 Å². The van der Waals surface area contributed by atoms with Gasteiger partial charge in [-0.25, -0.2) is 0 Å². The lowest BCUT2D eigenvalue weighted by Crippen LogP contribution is -2.41. The highest BCUT2D eigenvalue weighted by Crippen LogP contribution is 2.49. The Kier molecular flexibility index (Phi) is 5.10. The Labute approximate surface area is 140 Å². The van der Waals surface area contributed by atoms with Crippen LogP contribution < -0.4 is 0 Å². The van der Waals surface area contributed by atoms with Gasteiger partial charge in [-0.3, -0.25) is 4.79 Å². The van der Waals surface area contributed by atoms with Crippen LogP contribution in [0.1, 0.15) is 60.8 Å². The van der Waals surface area contributed by atoms with Gasteiger partial charge in [-0.1, -0.05) is 32.9 Å². The van der Waals surface area contributed by atoms with Crippen molar-refractivity contribution in [2.24, 2.45) is 22.7 Å². The van der Waals surface area contributed by atoms with E-state index in [0.717, 1.165) is 18.4 Å². The number of ether oxygens (including phenoxy) is 1. The SMILES string of the molecule is CC(C)[C@H]1C=C2C(COC(=O)C(C)(C)C)=CC[C@@H](O)[C@]2(C)CC1. The number of fused-ring (bicyclic) bond motifs is 1. The second-order valence-corrected chi connectivity index (χ2v) is 8.75. The number of rotatable bonds is 3. The van der Waals surface area contributed by atoms with Crippen LogP contribution in [-0.2, 0) is 9.53 Å². The summed E-state index contributed by atoms with van der Waals surface area (Å²) in [6, 6.07) is 0. The van der Waals surface area contributed by atoms with E-state index in [0.29, 0.717) is 24.9 Å². The number of aliphatic hydroxyl groups is 1. The zero-order valence-electron chi connectivity index (χ0n) is 15.5. The first kappa shape index (κ1) is 18.3. The molecule has 0 aromatic heterocycles. The first-order chi connectivity index (χ1) is 10.6. The minimum absolute atomic E-state index is 0.178. The molecule has 0 aromatic carbocycles. The largest absolute Gasteiger partial charge is 0.460 e. The van der Waals surface area contributed by atoms with Crippen LogP contribution in [0.15, 0.2) is 23.3 Å². The van der Waals surface area contributed by atoms with Gasteiger partial charge >= 0.3 is 5.97 Å². The predicted molar refractivity (Wildman–Crippen MR) is 92.9 cm³/mol. The lowest BCUT2D eigenvalue weighted by atomic mass is 9.61. The summed E-state index contributed by atoms with van der Waals surface area (Å²) in [5, 5.41) is 10.5. The summed E-state index contributed by atoms with van der Waals surface area (Å²) in [5.41, 5.74) is 1.59. The fraction of sp³-hybridized carbons (Fsp3) is 0.750. The van der Waals surface area contributed by atoms with Gasteiger partial charge in [0.05, 0.1) is 11.5 Å². The molecular formula is C20H32O3. The van der Waals surface area contributed by atoms with E-state index in [4.69, 9.17) is 4.74 Å². The molecule has 0 saturated carbocycles. The molecule has 0 bridgehead atoms. The van der Waals surface area contributed by atoms with E-state index in [-0.39, 0.29) is 17.5 Å². The number of carbonyl (C=O) groups excluding carboxylic acids is 1. The molecule has 0 unspecified atom stereocenters. The van der Waals surface area contributed by atoms with Gasteiger partial charge in [0.15, 0.2) is 0 Å². The van der Waals surface area contributed by atoms with Crippen molar-refractivity contribution in [3.8, 4) is 0 Å². The van der Waals surface area contributed by atoms with Gasteiger partial charge in [-0.2, -0.15) is 0 Å². The van der Waals surface area contributed by atoms with Gasteiger partial charge in [0.25, 0.3) is 0 Å². The Morgan fingerprint density at radius 3 is 2.65 bits per heavy atom. The molecule has 0 aromatic rings. The van der Waals surface area contributed by atoms with Gasteiger partial charge in [-0.15, -0.1) is 0 Å². The zero-order chi connectivity index (χ0) is 17.4. The summed E-state index contributed by atoms with van der Waals surface area (Å²) in [6.45, 7) is 12.6. The molecule has 0 saturated heterocycles. The molecule has 0 spiro atoms. The molecule has 2 aliphatic rings. The van der Waals surface area contributed by atoms with Crippen molar-refractivity contribution >= 4 is 5.97 Å². The second kappa shape index (κ2) is 6.43. The summed E-state index contributed by atoms with van der Waals surface area (Å²) in [5.74, 6) is 0.942. The van der Waals surface area contributed by atoms with Crippen molar-refractivity contribution in [1.82, 2.24) is 0 Å². The number of allylic oxidation sites excluding steroid dienone is 1. The molecule has 0 radical (unpaired) electrons. The van der Waals surface area contributed by atoms with E-state index in [1.165, 1.54) is 5.57 Å². The minimum Gasteiger partial charge on any atom is -0.460 e. The molecule has 2 rings (SSSR count). The summed E-state index contributed by atoms with van der Waals surface area (Å²) < 4.78 is 5.54. The summed E-state index contributed by atoms with van der Waals surface area (Å²) in [7, 11) is 0. The Balaban J connectivity index is 2.23.